The van der Waals surface area contributed by atoms with E-state index in [-0.39, 0.29) is 11.8 Å². The van der Waals surface area contributed by atoms with E-state index < -0.39 is 6.04 Å². The summed E-state index contributed by atoms with van der Waals surface area (Å²) in [4.78, 5) is 37.1. The number of hydrogen-bond donors (Lipinski definition) is 0. The van der Waals surface area contributed by atoms with Crippen LogP contribution >= 0.6 is 0 Å². The monoisotopic (exact) mass is 294 g/mol. The number of hydrogen-bond acceptors (Lipinski definition) is 4. The predicted molar refractivity (Wildman–Crippen MR) is 82.0 cm³/mol. The van der Waals surface area contributed by atoms with Gasteiger partial charge in [-0.3, -0.25) is 14.5 Å². The average molecular weight is 294 g/mol. The van der Waals surface area contributed by atoms with Crippen LogP contribution in [0.2, 0.25) is 0 Å². The van der Waals surface area contributed by atoms with Crippen LogP contribution in [0.5, 0.6) is 0 Å². The standard InChI is InChI=1S/C17H14N2O3/c1-10-12(8-5-9-15(10)18-22)11(2)19-16(20)13-6-3-4-7-14(13)17(19)21/h3-9,11H,1-2H3. The third-order valence-electron chi connectivity index (χ3n) is 4.11. The minimum Gasteiger partial charge on any atom is -0.269 e. The smallest absolute Gasteiger partial charge is 0.262 e. The zero-order chi connectivity index (χ0) is 15.9. The Kier molecular flexibility index (Phi) is 3.33. The molecule has 0 fully saturated rings. The molecule has 0 aliphatic carbocycles. The van der Waals surface area contributed by atoms with Gasteiger partial charge in [-0.05, 0) is 48.4 Å². The average Bonchev–Trinajstić information content (AvgIpc) is 2.79. The maximum Gasteiger partial charge on any atom is 0.262 e. The fourth-order valence-corrected chi connectivity index (χ4v) is 2.89. The van der Waals surface area contributed by atoms with Gasteiger partial charge < -0.3 is 0 Å². The molecule has 0 bridgehead atoms. The number of amides is 2. The van der Waals surface area contributed by atoms with Crippen molar-refractivity contribution in [3.63, 3.8) is 0 Å². The van der Waals surface area contributed by atoms with E-state index in [2.05, 4.69) is 5.18 Å². The molecule has 22 heavy (non-hydrogen) atoms. The normalized spacial score (nSPS) is 14.9. The maximum atomic E-state index is 12.5. The molecule has 1 atom stereocenters. The molecule has 1 aliphatic heterocycles. The van der Waals surface area contributed by atoms with Gasteiger partial charge in [-0.15, -0.1) is 4.91 Å². The molecule has 0 radical (unpaired) electrons. The Morgan fingerprint density at radius 3 is 2.09 bits per heavy atom. The first-order valence-electron chi connectivity index (χ1n) is 6.96. The summed E-state index contributed by atoms with van der Waals surface area (Å²) in [5.74, 6) is -0.617. The Morgan fingerprint density at radius 2 is 1.55 bits per heavy atom. The molecule has 2 aromatic rings. The van der Waals surface area contributed by atoms with E-state index in [0.717, 1.165) is 5.56 Å². The summed E-state index contributed by atoms with van der Waals surface area (Å²) >= 11 is 0. The lowest BCUT2D eigenvalue weighted by Crippen LogP contribution is -2.32. The first-order valence-corrected chi connectivity index (χ1v) is 6.96. The highest BCUT2D eigenvalue weighted by molar-refractivity contribution is 6.21. The Balaban J connectivity index is 2.05. The molecule has 0 N–H and O–H groups in total. The van der Waals surface area contributed by atoms with E-state index in [1.165, 1.54) is 4.90 Å². The second-order valence-electron chi connectivity index (χ2n) is 5.28. The van der Waals surface area contributed by atoms with Crippen molar-refractivity contribution < 1.29 is 9.59 Å². The number of rotatable bonds is 3. The third-order valence-corrected chi connectivity index (χ3v) is 4.11. The van der Waals surface area contributed by atoms with Gasteiger partial charge in [-0.1, -0.05) is 24.3 Å². The minimum atomic E-state index is -0.464. The quantitative estimate of drug-likeness (QED) is 0.639. The molecule has 0 aromatic heterocycles. The molecule has 0 saturated heterocycles. The maximum absolute atomic E-state index is 12.5. The number of nitroso groups, excluding NO2 is 1. The van der Waals surface area contributed by atoms with Crippen LogP contribution < -0.4 is 0 Å². The Morgan fingerprint density at radius 1 is 0.955 bits per heavy atom. The molecule has 110 valence electrons. The fourth-order valence-electron chi connectivity index (χ4n) is 2.89. The lowest BCUT2D eigenvalue weighted by atomic mass is 10.00. The molecule has 0 spiro atoms. The minimum absolute atomic E-state index is 0.308. The SMILES string of the molecule is Cc1c(N=O)cccc1C(C)N1C(=O)c2ccccc2C1=O. The number of nitrogens with zero attached hydrogens (tertiary/aromatic N) is 2. The van der Waals surface area contributed by atoms with Crippen LogP contribution in [0.3, 0.4) is 0 Å². The van der Waals surface area contributed by atoms with Crippen LogP contribution in [-0.2, 0) is 0 Å². The molecule has 3 rings (SSSR count). The van der Waals surface area contributed by atoms with Gasteiger partial charge in [-0.2, -0.15) is 0 Å². The summed E-state index contributed by atoms with van der Waals surface area (Å²) < 4.78 is 0. The van der Waals surface area contributed by atoms with Crippen molar-refractivity contribution in [2.24, 2.45) is 5.18 Å². The second-order valence-corrected chi connectivity index (χ2v) is 5.28. The van der Waals surface area contributed by atoms with Crippen molar-refractivity contribution in [1.82, 2.24) is 4.90 Å². The van der Waals surface area contributed by atoms with E-state index in [4.69, 9.17) is 0 Å². The predicted octanol–water partition coefficient (Wildman–Crippen LogP) is 3.75. The van der Waals surface area contributed by atoms with Crippen molar-refractivity contribution in [1.29, 1.82) is 0 Å². The highest BCUT2D eigenvalue weighted by Gasteiger charge is 2.39. The van der Waals surface area contributed by atoms with Gasteiger partial charge in [0.25, 0.3) is 11.8 Å². The molecular weight excluding hydrogens is 280 g/mol. The van der Waals surface area contributed by atoms with Gasteiger partial charge in [0.15, 0.2) is 0 Å². The number of carbonyl (C=O) groups excluding carboxylic acids is 2. The summed E-state index contributed by atoms with van der Waals surface area (Å²) in [6.07, 6.45) is 0. The van der Waals surface area contributed by atoms with Crippen LogP contribution in [0, 0.1) is 11.8 Å². The van der Waals surface area contributed by atoms with E-state index in [0.29, 0.717) is 22.4 Å². The third kappa shape index (κ3) is 1.94. The summed E-state index contributed by atoms with van der Waals surface area (Å²) in [6.45, 7) is 3.54. The largest absolute Gasteiger partial charge is 0.269 e. The van der Waals surface area contributed by atoms with Crippen LogP contribution in [0.15, 0.2) is 47.6 Å². The molecule has 1 aliphatic rings. The highest BCUT2D eigenvalue weighted by atomic mass is 16.3. The zero-order valence-electron chi connectivity index (χ0n) is 12.2. The molecular formula is C17H14N2O3. The van der Waals surface area contributed by atoms with E-state index in [1.54, 1.807) is 56.3 Å². The topological polar surface area (TPSA) is 66.8 Å². The van der Waals surface area contributed by atoms with Crippen molar-refractivity contribution in [2.45, 2.75) is 19.9 Å². The lowest BCUT2D eigenvalue weighted by molar-refractivity contribution is 0.0595. The molecule has 5 heteroatoms. The number of imide groups is 1. The van der Waals surface area contributed by atoms with Crippen LogP contribution in [0.4, 0.5) is 5.69 Å². The highest BCUT2D eigenvalue weighted by Crippen LogP contribution is 2.34. The van der Waals surface area contributed by atoms with Gasteiger partial charge in [0.05, 0.1) is 17.2 Å². The molecule has 2 aromatic carbocycles. The summed E-state index contributed by atoms with van der Waals surface area (Å²) in [7, 11) is 0. The van der Waals surface area contributed by atoms with E-state index >= 15 is 0 Å². The molecule has 5 nitrogen and oxygen atoms in total. The number of benzene rings is 2. The molecule has 0 saturated carbocycles. The number of fused-ring (bicyclic) bond motifs is 1. The number of carbonyl (C=O) groups is 2. The van der Waals surface area contributed by atoms with Gasteiger partial charge in [-0.25, -0.2) is 0 Å². The van der Waals surface area contributed by atoms with Crippen molar-refractivity contribution in [3.8, 4) is 0 Å². The summed E-state index contributed by atoms with van der Waals surface area (Å²) in [5, 5.41) is 2.98. The first kappa shape index (κ1) is 14.1. The van der Waals surface area contributed by atoms with Gasteiger partial charge >= 0.3 is 0 Å². The first-order chi connectivity index (χ1) is 10.6. The van der Waals surface area contributed by atoms with Gasteiger partial charge in [0, 0.05) is 0 Å². The van der Waals surface area contributed by atoms with Crippen LogP contribution in [0.25, 0.3) is 0 Å². The lowest BCUT2D eigenvalue weighted by Gasteiger charge is -2.24. The van der Waals surface area contributed by atoms with E-state index in [1.807, 2.05) is 0 Å². The van der Waals surface area contributed by atoms with Gasteiger partial charge in [0.2, 0.25) is 0 Å². The molecule has 2 amide bonds. The molecule has 1 unspecified atom stereocenters. The van der Waals surface area contributed by atoms with Crippen molar-refractivity contribution in [2.75, 3.05) is 0 Å². The van der Waals surface area contributed by atoms with Crippen LogP contribution in [0.1, 0.15) is 44.8 Å². The van der Waals surface area contributed by atoms with E-state index in [9.17, 15) is 14.5 Å². The Labute approximate surface area is 127 Å². The van der Waals surface area contributed by atoms with Gasteiger partial charge in [0.1, 0.15) is 5.69 Å². The molecule has 1 heterocycles. The summed E-state index contributed by atoms with van der Waals surface area (Å²) in [6, 6.07) is 11.4. The zero-order valence-corrected chi connectivity index (χ0v) is 12.2. The Hall–Kier alpha value is -2.82. The fraction of sp³-hybridized carbons (Fsp3) is 0.176. The second kappa shape index (κ2) is 5.18. The van der Waals surface area contributed by atoms with Crippen molar-refractivity contribution in [3.05, 3.63) is 69.6 Å². The van der Waals surface area contributed by atoms with Crippen LogP contribution in [-0.4, -0.2) is 16.7 Å². The van der Waals surface area contributed by atoms with Crippen molar-refractivity contribution >= 4 is 17.5 Å². The Bertz CT molecular complexity index is 763. The summed E-state index contributed by atoms with van der Waals surface area (Å²) in [5.41, 5.74) is 2.58.